The van der Waals surface area contributed by atoms with Crippen LogP contribution in [0, 0.1) is 0 Å². The van der Waals surface area contributed by atoms with Crippen molar-refractivity contribution in [1.29, 1.82) is 0 Å². The van der Waals surface area contributed by atoms with Crippen molar-refractivity contribution in [3.63, 3.8) is 0 Å². The summed E-state index contributed by atoms with van der Waals surface area (Å²) in [4.78, 5) is 20.1. The van der Waals surface area contributed by atoms with Gasteiger partial charge in [-0.05, 0) is 50.5 Å². The number of pyridine rings is 1. The van der Waals surface area contributed by atoms with Gasteiger partial charge in [0.25, 0.3) is 5.91 Å². The Labute approximate surface area is 158 Å². The first-order chi connectivity index (χ1) is 12.6. The first-order valence-electron chi connectivity index (χ1n) is 9.10. The molecule has 0 unspecified atom stereocenters. The van der Waals surface area contributed by atoms with E-state index >= 15 is 0 Å². The Bertz CT molecular complexity index is 969. The number of fused-ring (bicyclic) bond motifs is 1. The predicted octanol–water partition coefficient (Wildman–Crippen LogP) is 5.57. The third-order valence-electron chi connectivity index (χ3n) is 5.13. The molecule has 132 valence electrons. The van der Waals surface area contributed by atoms with E-state index in [1.165, 1.54) is 6.42 Å². The molecular weight excluding hydrogens is 344 g/mol. The van der Waals surface area contributed by atoms with Crippen molar-refractivity contribution in [2.45, 2.75) is 32.2 Å². The number of halogens is 1. The van der Waals surface area contributed by atoms with Crippen molar-refractivity contribution in [2.24, 2.45) is 0 Å². The number of para-hydroxylation sites is 1. The lowest BCUT2D eigenvalue weighted by molar-refractivity contribution is 0.0637. The standard InChI is InChI=1S/C22H21ClN2O/c1-15-7-4-5-12-25(15)22(26)19-14-21(16-8-6-9-17(23)13-16)24-20-11-3-2-10-18(19)20/h2-3,6,8-11,13-15H,4-5,7,12H2,1H3/t15-/m0/s1. The van der Waals surface area contributed by atoms with Crippen LogP contribution in [0.3, 0.4) is 0 Å². The van der Waals surface area contributed by atoms with Crippen molar-refractivity contribution < 1.29 is 4.79 Å². The van der Waals surface area contributed by atoms with E-state index in [1.54, 1.807) is 0 Å². The molecule has 1 aromatic heterocycles. The van der Waals surface area contributed by atoms with Crippen LogP contribution in [0.2, 0.25) is 5.02 Å². The van der Waals surface area contributed by atoms with Crippen molar-refractivity contribution in [3.8, 4) is 11.3 Å². The van der Waals surface area contributed by atoms with Crippen molar-refractivity contribution in [1.82, 2.24) is 9.88 Å². The smallest absolute Gasteiger partial charge is 0.254 e. The molecule has 0 saturated carbocycles. The molecule has 0 radical (unpaired) electrons. The van der Waals surface area contributed by atoms with Gasteiger partial charge in [0.05, 0.1) is 16.8 Å². The van der Waals surface area contributed by atoms with E-state index in [0.29, 0.717) is 5.02 Å². The lowest BCUT2D eigenvalue weighted by Gasteiger charge is -2.33. The summed E-state index contributed by atoms with van der Waals surface area (Å²) < 4.78 is 0. The van der Waals surface area contributed by atoms with Gasteiger partial charge in [-0.3, -0.25) is 4.79 Å². The van der Waals surface area contributed by atoms with Crippen LogP contribution in [0.25, 0.3) is 22.2 Å². The highest BCUT2D eigenvalue weighted by molar-refractivity contribution is 6.30. The molecule has 0 spiro atoms. The topological polar surface area (TPSA) is 33.2 Å². The molecule has 0 aliphatic carbocycles. The number of aromatic nitrogens is 1. The number of carbonyl (C=O) groups is 1. The summed E-state index contributed by atoms with van der Waals surface area (Å²) in [5.41, 5.74) is 3.25. The zero-order chi connectivity index (χ0) is 18.1. The molecule has 1 fully saturated rings. The Balaban J connectivity index is 1.86. The van der Waals surface area contributed by atoms with E-state index in [9.17, 15) is 4.79 Å². The number of hydrogen-bond acceptors (Lipinski definition) is 2. The average molecular weight is 365 g/mol. The third-order valence-corrected chi connectivity index (χ3v) is 5.37. The zero-order valence-corrected chi connectivity index (χ0v) is 15.5. The number of carbonyl (C=O) groups excluding carboxylic acids is 1. The summed E-state index contributed by atoms with van der Waals surface area (Å²) in [5, 5.41) is 1.57. The lowest BCUT2D eigenvalue weighted by atomic mass is 9.99. The van der Waals surface area contributed by atoms with Gasteiger partial charge in [0, 0.05) is 28.6 Å². The number of benzene rings is 2. The number of nitrogens with zero attached hydrogens (tertiary/aromatic N) is 2. The molecule has 0 N–H and O–H groups in total. The van der Waals surface area contributed by atoms with Gasteiger partial charge in [0.2, 0.25) is 0 Å². The monoisotopic (exact) mass is 364 g/mol. The van der Waals surface area contributed by atoms with E-state index in [1.807, 2.05) is 59.5 Å². The van der Waals surface area contributed by atoms with Crippen LogP contribution in [0.5, 0.6) is 0 Å². The fourth-order valence-corrected chi connectivity index (χ4v) is 3.89. The maximum absolute atomic E-state index is 13.3. The zero-order valence-electron chi connectivity index (χ0n) is 14.8. The third kappa shape index (κ3) is 3.19. The average Bonchev–Trinajstić information content (AvgIpc) is 2.67. The maximum atomic E-state index is 13.3. The Morgan fingerprint density at radius 1 is 1.12 bits per heavy atom. The van der Waals surface area contributed by atoms with E-state index < -0.39 is 0 Å². The van der Waals surface area contributed by atoms with Gasteiger partial charge in [0.1, 0.15) is 0 Å². The maximum Gasteiger partial charge on any atom is 0.254 e. The molecule has 1 aliphatic heterocycles. The predicted molar refractivity (Wildman–Crippen MR) is 107 cm³/mol. The van der Waals surface area contributed by atoms with Crippen LogP contribution in [-0.4, -0.2) is 28.4 Å². The second-order valence-electron chi connectivity index (χ2n) is 6.93. The Kier molecular flexibility index (Phi) is 4.64. The van der Waals surface area contributed by atoms with Gasteiger partial charge in [0.15, 0.2) is 0 Å². The quantitative estimate of drug-likeness (QED) is 0.595. The summed E-state index contributed by atoms with van der Waals surface area (Å²) in [6.45, 7) is 2.96. The number of rotatable bonds is 2. The number of amides is 1. The van der Waals surface area contributed by atoms with Gasteiger partial charge < -0.3 is 4.90 Å². The molecule has 3 aromatic rings. The fraction of sp³-hybridized carbons (Fsp3) is 0.273. The first kappa shape index (κ1) is 17.0. The fourth-order valence-electron chi connectivity index (χ4n) is 3.70. The van der Waals surface area contributed by atoms with Crippen molar-refractivity contribution in [3.05, 3.63) is 65.2 Å². The summed E-state index contributed by atoms with van der Waals surface area (Å²) in [6, 6.07) is 17.6. The highest BCUT2D eigenvalue weighted by atomic mass is 35.5. The van der Waals surface area contributed by atoms with Crippen LogP contribution >= 0.6 is 11.6 Å². The SMILES string of the molecule is C[C@H]1CCCCN1C(=O)c1cc(-c2cccc(Cl)c2)nc2ccccc12. The Morgan fingerprint density at radius 2 is 1.96 bits per heavy atom. The molecular formula is C22H21ClN2O. The molecule has 1 amide bonds. The summed E-state index contributed by atoms with van der Waals surface area (Å²) in [5.74, 6) is 0.0964. The number of piperidine rings is 1. The minimum absolute atomic E-state index is 0.0964. The Morgan fingerprint density at radius 3 is 2.77 bits per heavy atom. The minimum Gasteiger partial charge on any atom is -0.336 e. The van der Waals surface area contributed by atoms with Crippen LogP contribution in [0.1, 0.15) is 36.5 Å². The Hall–Kier alpha value is -2.39. The van der Waals surface area contributed by atoms with E-state index in [4.69, 9.17) is 16.6 Å². The van der Waals surface area contributed by atoms with Gasteiger partial charge in [-0.15, -0.1) is 0 Å². The summed E-state index contributed by atoms with van der Waals surface area (Å²) in [7, 11) is 0. The van der Waals surface area contributed by atoms with Crippen LogP contribution in [-0.2, 0) is 0 Å². The molecule has 2 aromatic carbocycles. The lowest BCUT2D eigenvalue weighted by Crippen LogP contribution is -2.42. The largest absolute Gasteiger partial charge is 0.336 e. The van der Waals surface area contributed by atoms with Gasteiger partial charge >= 0.3 is 0 Å². The molecule has 1 atom stereocenters. The second-order valence-corrected chi connectivity index (χ2v) is 7.36. The summed E-state index contributed by atoms with van der Waals surface area (Å²) in [6.07, 6.45) is 3.33. The number of likely N-dealkylation sites (tertiary alicyclic amines) is 1. The first-order valence-corrected chi connectivity index (χ1v) is 9.48. The molecule has 26 heavy (non-hydrogen) atoms. The minimum atomic E-state index is 0.0964. The van der Waals surface area contributed by atoms with Gasteiger partial charge in [-0.25, -0.2) is 4.98 Å². The normalized spacial score (nSPS) is 17.5. The van der Waals surface area contributed by atoms with E-state index in [2.05, 4.69) is 6.92 Å². The molecule has 2 heterocycles. The van der Waals surface area contributed by atoms with Crippen LogP contribution in [0.15, 0.2) is 54.6 Å². The van der Waals surface area contributed by atoms with Crippen molar-refractivity contribution in [2.75, 3.05) is 6.54 Å². The van der Waals surface area contributed by atoms with E-state index in [-0.39, 0.29) is 11.9 Å². The van der Waals surface area contributed by atoms with Crippen LogP contribution < -0.4 is 0 Å². The van der Waals surface area contributed by atoms with E-state index in [0.717, 1.165) is 47.1 Å². The highest BCUT2D eigenvalue weighted by Crippen LogP contribution is 2.29. The molecule has 1 saturated heterocycles. The number of hydrogen-bond donors (Lipinski definition) is 0. The molecule has 4 rings (SSSR count). The van der Waals surface area contributed by atoms with Gasteiger partial charge in [-0.2, -0.15) is 0 Å². The molecule has 1 aliphatic rings. The highest BCUT2D eigenvalue weighted by Gasteiger charge is 2.26. The van der Waals surface area contributed by atoms with Crippen molar-refractivity contribution >= 4 is 28.4 Å². The second kappa shape index (κ2) is 7.08. The molecule has 0 bridgehead atoms. The molecule has 3 nitrogen and oxygen atoms in total. The van der Waals surface area contributed by atoms with Gasteiger partial charge in [-0.1, -0.05) is 41.9 Å². The molecule has 4 heteroatoms. The van der Waals surface area contributed by atoms with Crippen LogP contribution in [0.4, 0.5) is 0 Å². The summed E-state index contributed by atoms with van der Waals surface area (Å²) >= 11 is 6.15.